The summed E-state index contributed by atoms with van der Waals surface area (Å²) in [6, 6.07) is 20.9. The molecular weight excluding hydrogens is 332 g/mol. The van der Waals surface area contributed by atoms with Crippen LogP contribution in [0.3, 0.4) is 0 Å². The minimum atomic E-state index is -1.19. The van der Waals surface area contributed by atoms with Gasteiger partial charge in [0.05, 0.1) is 6.20 Å². The van der Waals surface area contributed by atoms with Crippen LogP contribution in [0.2, 0.25) is 0 Å². The molecule has 1 aromatic heterocycles. The molecule has 0 bridgehead atoms. The van der Waals surface area contributed by atoms with E-state index in [1.165, 1.54) is 12.3 Å². The Morgan fingerprint density at radius 2 is 1.42 bits per heavy atom. The zero-order chi connectivity index (χ0) is 18.2. The SMILES string of the molecule is O=C(O)Nc1cc(OCc2ccccc2)c(OCc2ccccc2)cn1. The van der Waals surface area contributed by atoms with Crippen molar-refractivity contribution >= 4 is 11.9 Å². The quantitative estimate of drug-likeness (QED) is 0.663. The van der Waals surface area contributed by atoms with E-state index in [4.69, 9.17) is 14.6 Å². The van der Waals surface area contributed by atoms with E-state index in [0.717, 1.165) is 11.1 Å². The Kier molecular flexibility index (Phi) is 5.67. The predicted octanol–water partition coefficient (Wildman–Crippen LogP) is 4.33. The summed E-state index contributed by atoms with van der Waals surface area (Å²) in [7, 11) is 0. The molecule has 0 aliphatic carbocycles. The van der Waals surface area contributed by atoms with Crippen molar-refractivity contribution in [2.75, 3.05) is 5.32 Å². The van der Waals surface area contributed by atoms with E-state index in [1.807, 2.05) is 60.7 Å². The number of ether oxygens (including phenoxy) is 2. The second-order valence-corrected chi connectivity index (χ2v) is 5.49. The van der Waals surface area contributed by atoms with Crippen LogP contribution in [0.5, 0.6) is 11.5 Å². The van der Waals surface area contributed by atoms with E-state index in [0.29, 0.717) is 24.7 Å². The number of hydrogen-bond donors (Lipinski definition) is 2. The summed E-state index contributed by atoms with van der Waals surface area (Å²) in [6.45, 7) is 0.689. The first kappa shape index (κ1) is 17.3. The Morgan fingerprint density at radius 3 is 1.96 bits per heavy atom. The van der Waals surface area contributed by atoms with Crippen molar-refractivity contribution in [1.82, 2.24) is 4.98 Å². The van der Waals surface area contributed by atoms with Gasteiger partial charge in [-0.25, -0.2) is 9.78 Å². The van der Waals surface area contributed by atoms with Crippen LogP contribution in [-0.4, -0.2) is 16.2 Å². The van der Waals surface area contributed by atoms with Crippen LogP contribution in [0.15, 0.2) is 72.9 Å². The Balaban J connectivity index is 1.76. The highest BCUT2D eigenvalue weighted by molar-refractivity contribution is 5.81. The third-order valence-electron chi connectivity index (χ3n) is 3.54. The maximum atomic E-state index is 10.8. The first-order chi connectivity index (χ1) is 12.7. The fraction of sp³-hybridized carbons (Fsp3) is 0.100. The molecule has 26 heavy (non-hydrogen) atoms. The molecule has 3 rings (SSSR count). The van der Waals surface area contributed by atoms with Crippen LogP contribution in [-0.2, 0) is 13.2 Å². The molecule has 0 saturated heterocycles. The average molecular weight is 350 g/mol. The molecule has 0 saturated carbocycles. The zero-order valence-corrected chi connectivity index (χ0v) is 14.0. The number of amides is 1. The van der Waals surface area contributed by atoms with Crippen molar-refractivity contribution < 1.29 is 19.4 Å². The molecule has 132 valence electrons. The molecular formula is C20H18N2O4. The lowest BCUT2D eigenvalue weighted by atomic mass is 10.2. The molecule has 3 aromatic rings. The minimum absolute atomic E-state index is 0.174. The number of nitrogens with one attached hydrogen (secondary N) is 1. The second-order valence-electron chi connectivity index (χ2n) is 5.49. The molecule has 0 aliphatic rings. The lowest BCUT2D eigenvalue weighted by molar-refractivity contribution is 0.209. The monoisotopic (exact) mass is 350 g/mol. The summed E-state index contributed by atoms with van der Waals surface area (Å²) in [6.07, 6.45) is 0.263. The molecule has 0 aliphatic heterocycles. The van der Waals surface area contributed by atoms with Gasteiger partial charge in [0.15, 0.2) is 11.5 Å². The van der Waals surface area contributed by atoms with Crippen molar-refractivity contribution in [3.05, 3.63) is 84.1 Å². The van der Waals surface area contributed by atoms with Crippen molar-refractivity contribution in [3.63, 3.8) is 0 Å². The summed E-state index contributed by atoms with van der Waals surface area (Å²) in [5.41, 5.74) is 2.00. The van der Waals surface area contributed by atoms with Gasteiger partial charge in [-0.2, -0.15) is 0 Å². The largest absolute Gasteiger partial charge is 0.485 e. The first-order valence-electron chi connectivity index (χ1n) is 8.04. The molecule has 0 spiro atoms. The average Bonchev–Trinajstić information content (AvgIpc) is 2.67. The van der Waals surface area contributed by atoms with Gasteiger partial charge in [0.2, 0.25) is 0 Å². The molecule has 6 heteroatoms. The van der Waals surface area contributed by atoms with Crippen molar-refractivity contribution in [2.45, 2.75) is 13.2 Å². The number of aromatic nitrogens is 1. The minimum Gasteiger partial charge on any atom is -0.485 e. The maximum Gasteiger partial charge on any atom is 0.410 e. The van der Waals surface area contributed by atoms with Crippen LogP contribution in [0, 0.1) is 0 Å². The molecule has 0 fully saturated rings. The van der Waals surface area contributed by atoms with E-state index in [-0.39, 0.29) is 5.82 Å². The summed E-state index contributed by atoms with van der Waals surface area (Å²) >= 11 is 0. The fourth-order valence-electron chi connectivity index (χ4n) is 2.29. The molecule has 6 nitrogen and oxygen atoms in total. The highest BCUT2D eigenvalue weighted by Crippen LogP contribution is 2.30. The highest BCUT2D eigenvalue weighted by atomic mass is 16.5. The van der Waals surface area contributed by atoms with Crippen molar-refractivity contribution in [2.24, 2.45) is 0 Å². The number of rotatable bonds is 7. The fourth-order valence-corrected chi connectivity index (χ4v) is 2.29. The topological polar surface area (TPSA) is 80.7 Å². The van der Waals surface area contributed by atoms with Gasteiger partial charge in [0.25, 0.3) is 0 Å². The Morgan fingerprint density at radius 1 is 0.885 bits per heavy atom. The molecule has 0 atom stereocenters. The summed E-state index contributed by atoms with van der Waals surface area (Å²) in [5, 5.41) is 11.1. The Labute approximate surface area is 151 Å². The van der Waals surface area contributed by atoms with Crippen LogP contribution >= 0.6 is 0 Å². The summed E-state index contributed by atoms with van der Waals surface area (Å²) < 4.78 is 11.6. The first-order valence-corrected chi connectivity index (χ1v) is 8.04. The molecule has 1 heterocycles. The van der Waals surface area contributed by atoms with Gasteiger partial charge in [0.1, 0.15) is 19.0 Å². The van der Waals surface area contributed by atoms with Crippen molar-refractivity contribution in [3.8, 4) is 11.5 Å². The van der Waals surface area contributed by atoms with Crippen LogP contribution < -0.4 is 14.8 Å². The van der Waals surface area contributed by atoms with Gasteiger partial charge >= 0.3 is 6.09 Å². The van der Waals surface area contributed by atoms with E-state index < -0.39 is 6.09 Å². The Hall–Kier alpha value is -3.54. The number of pyridine rings is 1. The van der Waals surface area contributed by atoms with Crippen LogP contribution in [0.25, 0.3) is 0 Å². The number of hydrogen-bond acceptors (Lipinski definition) is 4. The molecule has 0 radical (unpaired) electrons. The van der Waals surface area contributed by atoms with E-state index in [1.54, 1.807) is 0 Å². The third kappa shape index (κ3) is 4.98. The standard InChI is InChI=1S/C20H18N2O4/c23-20(24)22-19-11-17(25-13-15-7-3-1-4-8-15)18(12-21-19)26-14-16-9-5-2-6-10-16/h1-12H,13-14H2,(H,21,22)(H,23,24). The number of carbonyl (C=O) groups is 1. The highest BCUT2D eigenvalue weighted by Gasteiger charge is 2.10. The van der Waals surface area contributed by atoms with Crippen LogP contribution in [0.4, 0.5) is 10.6 Å². The number of carboxylic acid groups (broad SMARTS) is 1. The molecule has 2 N–H and O–H groups in total. The van der Waals surface area contributed by atoms with Gasteiger partial charge in [-0.15, -0.1) is 0 Å². The second kappa shape index (κ2) is 8.53. The summed E-state index contributed by atoms with van der Waals surface area (Å²) in [4.78, 5) is 14.9. The zero-order valence-electron chi connectivity index (χ0n) is 14.0. The van der Waals surface area contributed by atoms with E-state index in [2.05, 4.69) is 10.3 Å². The third-order valence-corrected chi connectivity index (χ3v) is 3.54. The van der Waals surface area contributed by atoms with Gasteiger partial charge in [-0.05, 0) is 11.1 Å². The predicted molar refractivity (Wildman–Crippen MR) is 97.4 cm³/mol. The van der Waals surface area contributed by atoms with Gasteiger partial charge in [-0.1, -0.05) is 60.7 Å². The Bertz CT molecular complexity index is 854. The smallest absolute Gasteiger partial charge is 0.410 e. The lowest BCUT2D eigenvalue weighted by Crippen LogP contribution is -2.09. The molecule has 2 aromatic carbocycles. The molecule has 1 amide bonds. The lowest BCUT2D eigenvalue weighted by Gasteiger charge is -2.14. The number of benzene rings is 2. The maximum absolute atomic E-state index is 10.8. The normalized spacial score (nSPS) is 10.2. The van der Waals surface area contributed by atoms with Crippen molar-refractivity contribution in [1.29, 1.82) is 0 Å². The number of anilines is 1. The van der Waals surface area contributed by atoms with Gasteiger partial charge in [0, 0.05) is 6.07 Å². The van der Waals surface area contributed by atoms with E-state index >= 15 is 0 Å². The molecule has 0 unspecified atom stereocenters. The van der Waals surface area contributed by atoms with E-state index in [9.17, 15) is 4.79 Å². The number of nitrogens with zero attached hydrogens (tertiary/aromatic N) is 1. The van der Waals surface area contributed by atoms with Crippen LogP contribution in [0.1, 0.15) is 11.1 Å². The van der Waals surface area contributed by atoms with Gasteiger partial charge < -0.3 is 14.6 Å². The summed E-state index contributed by atoms with van der Waals surface area (Å²) in [5.74, 6) is 1.04. The van der Waals surface area contributed by atoms with Gasteiger partial charge in [-0.3, -0.25) is 5.32 Å².